The molecule has 172 valence electrons. The van der Waals surface area contributed by atoms with E-state index in [0.29, 0.717) is 12.5 Å². The molecule has 0 spiro atoms. The summed E-state index contributed by atoms with van der Waals surface area (Å²) in [5, 5.41) is 12.8. The summed E-state index contributed by atoms with van der Waals surface area (Å²) in [6, 6.07) is -0.410. The largest absolute Gasteiger partial charge is 0.377 e. The van der Waals surface area contributed by atoms with Crippen LogP contribution < -0.4 is 21.3 Å². The van der Waals surface area contributed by atoms with E-state index in [9.17, 15) is 0 Å². The molecule has 3 heterocycles. The van der Waals surface area contributed by atoms with Gasteiger partial charge >= 0.3 is 0 Å². The molecule has 3 fully saturated rings. The number of hydrogen-bond acceptors (Lipinski definition) is 6. The topological polar surface area (TPSA) is 60.6 Å². The van der Waals surface area contributed by atoms with Gasteiger partial charge in [0.2, 0.25) is 0 Å². The van der Waals surface area contributed by atoms with Gasteiger partial charge in [0, 0.05) is 35.3 Å². The Morgan fingerprint density at radius 1 is 1.43 bits per heavy atom. The maximum Gasteiger partial charge on any atom is 0.124 e. The summed E-state index contributed by atoms with van der Waals surface area (Å²) in [7, 11) is 2.11. The molecule has 9 atom stereocenters. The Bertz CT molecular complexity index is 701. The Morgan fingerprint density at radius 3 is 3.13 bits per heavy atom. The zero-order valence-electron chi connectivity index (χ0n) is 21.0. The van der Waals surface area contributed by atoms with Crippen molar-refractivity contribution in [3.05, 3.63) is 11.6 Å². The molecule has 0 radical (unpaired) electrons. The lowest BCUT2D eigenvalue weighted by molar-refractivity contribution is -0.0262. The van der Waals surface area contributed by atoms with Gasteiger partial charge in [0.05, 0.1) is 17.6 Å². The van der Waals surface area contributed by atoms with Crippen LogP contribution in [0.2, 0.25) is 0 Å². The van der Waals surface area contributed by atoms with Gasteiger partial charge in [-0.05, 0) is 58.7 Å². The average Bonchev–Trinajstić information content (AvgIpc) is 3.09. The second kappa shape index (κ2) is 10.1. The predicted molar refractivity (Wildman–Crippen MR) is 119 cm³/mol. The molecule has 1 aliphatic carbocycles. The van der Waals surface area contributed by atoms with E-state index in [0.717, 1.165) is 38.8 Å². The van der Waals surface area contributed by atoms with Crippen molar-refractivity contribution in [2.45, 2.75) is 81.7 Å². The Hall–Kier alpha value is -0.280. The first-order chi connectivity index (χ1) is 15.6. The summed E-state index contributed by atoms with van der Waals surface area (Å²) < 4.78 is 44.6. The Labute approximate surface area is 189 Å². The van der Waals surface area contributed by atoms with Gasteiger partial charge < -0.3 is 15.0 Å². The van der Waals surface area contributed by atoms with E-state index in [-0.39, 0.29) is 42.3 Å². The maximum absolute atomic E-state index is 16.1. The van der Waals surface area contributed by atoms with Crippen molar-refractivity contribution in [3.8, 4) is 0 Å². The van der Waals surface area contributed by atoms with Crippen molar-refractivity contribution in [1.82, 2.24) is 26.2 Å². The van der Waals surface area contributed by atoms with Crippen LogP contribution in [0.25, 0.3) is 0 Å². The Morgan fingerprint density at radius 2 is 2.30 bits per heavy atom. The van der Waals surface area contributed by atoms with E-state index in [1.807, 2.05) is 6.92 Å². The van der Waals surface area contributed by atoms with Crippen molar-refractivity contribution >= 4 is 11.6 Å². The molecule has 0 bridgehead atoms. The van der Waals surface area contributed by atoms with Crippen LogP contribution in [0.4, 0.5) is 4.39 Å². The molecule has 30 heavy (non-hydrogen) atoms. The molecule has 2 saturated heterocycles. The molecule has 1 saturated carbocycles. The van der Waals surface area contributed by atoms with Gasteiger partial charge in [-0.15, -0.1) is 11.6 Å². The number of halogens is 2. The zero-order valence-corrected chi connectivity index (χ0v) is 18.8. The summed E-state index contributed by atoms with van der Waals surface area (Å²) in [6.07, 6.45) is 3.99. The normalized spacial score (nSPS) is 47.5. The van der Waals surface area contributed by atoms with E-state index in [2.05, 4.69) is 39.3 Å². The number of nitrogens with one attached hydrogen (secondary N) is 4. The molecule has 9 unspecified atom stereocenters. The summed E-state index contributed by atoms with van der Waals surface area (Å²) >= 11 is 6.52. The first-order valence-corrected chi connectivity index (χ1v) is 11.8. The minimum absolute atomic E-state index is 0.0418. The summed E-state index contributed by atoms with van der Waals surface area (Å²) in [4.78, 5) is 2.28. The minimum atomic E-state index is -2.09. The lowest BCUT2D eigenvalue weighted by Crippen LogP contribution is -2.73. The number of likely N-dealkylation sites (N-methyl/N-ethyl adjacent to an activating group) is 1. The third-order valence-electron chi connectivity index (χ3n) is 7.27. The van der Waals surface area contributed by atoms with Gasteiger partial charge in [-0.25, -0.2) is 4.39 Å². The number of rotatable bonds is 5. The minimum Gasteiger partial charge on any atom is -0.377 e. The van der Waals surface area contributed by atoms with Crippen LogP contribution in [-0.2, 0) is 4.74 Å². The molecule has 3 aliphatic heterocycles. The molecular weight excluding hydrogens is 405 g/mol. The van der Waals surface area contributed by atoms with E-state index in [1.54, 1.807) is 0 Å². The summed E-state index contributed by atoms with van der Waals surface area (Å²) in [5.74, 6) is 0.120. The highest BCUT2D eigenvalue weighted by Crippen LogP contribution is 2.44. The molecule has 8 heteroatoms. The number of nitrogens with zero attached hydrogens (tertiary/aromatic N) is 1. The Balaban J connectivity index is 1.45. The van der Waals surface area contributed by atoms with E-state index >= 15 is 4.39 Å². The van der Waals surface area contributed by atoms with Gasteiger partial charge in [0.15, 0.2) is 0 Å². The lowest BCUT2D eigenvalue weighted by atomic mass is 9.71. The van der Waals surface area contributed by atoms with Gasteiger partial charge in [0.25, 0.3) is 0 Å². The highest BCUT2D eigenvalue weighted by atomic mass is 35.5. The summed E-state index contributed by atoms with van der Waals surface area (Å²) in [6.45, 7) is 2.30. The molecular formula is C22H39ClFN5O. The van der Waals surface area contributed by atoms with Crippen LogP contribution in [0.3, 0.4) is 0 Å². The van der Waals surface area contributed by atoms with Crippen molar-refractivity contribution in [2.24, 2.45) is 11.8 Å². The van der Waals surface area contributed by atoms with Crippen LogP contribution in [-0.4, -0.2) is 80.4 Å². The number of fused-ring (bicyclic) bond motifs is 1. The van der Waals surface area contributed by atoms with Crippen molar-refractivity contribution in [2.75, 3.05) is 33.3 Å². The number of alkyl halides is 2. The fraction of sp³-hybridized carbons (Fsp3) is 0.909. The third kappa shape index (κ3) is 4.87. The molecule has 0 aromatic carbocycles. The van der Waals surface area contributed by atoms with Crippen LogP contribution in [0, 0.1) is 11.8 Å². The molecule has 6 nitrogen and oxygen atoms in total. The van der Waals surface area contributed by atoms with Crippen molar-refractivity contribution < 1.29 is 13.2 Å². The number of hydrogen-bond donors (Lipinski definition) is 4. The Kier molecular flexibility index (Phi) is 6.47. The molecule has 4 N–H and O–H groups in total. The van der Waals surface area contributed by atoms with Gasteiger partial charge in [-0.3, -0.25) is 16.0 Å². The first kappa shape index (κ1) is 19.2. The van der Waals surface area contributed by atoms with Gasteiger partial charge in [-0.1, -0.05) is 18.5 Å². The van der Waals surface area contributed by atoms with Gasteiger partial charge in [0.1, 0.15) is 12.5 Å². The maximum atomic E-state index is 16.1. The van der Waals surface area contributed by atoms with Crippen molar-refractivity contribution in [3.63, 3.8) is 0 Å². The SMILES string of the molecule is [2H]C([2H])([2H])CNC1NC(NC2CC3CCOC3C(C3=CCN(C)CCC3)C2F)NC(C)C1Cl. The molecule has 0 amide bonds. The van der Waals surface area contributed by atoms with E-state index < -0.39 is 19.2 Å². The van der Waals surface area contributed by atoms with Crippen LogP contribution in [0.1, 0.15) is 43.6 Å². The standard InChI is InChI=1S/C22H39ClFN5O/c1-4-25-21-18(23)13(2)26-22(28-21)27-16-12-15-8-11-30-20(15)17(19(16)24)14-6-5-9-29(3)10-7-14/h7,13,15-22,25-28H,4-6,8-12H2,1-3H3/i1D3. The summed E-state index contributed by atoms with van der Waals surface area (Å²) in [5.41, 5.74) is 1.20. The third-order valence-corrected chi connectivity index (χ3v) is 7.90. The van der Waals surface area contributed by atoms with E-state index in [1.165, 1.54) is 5.57 Å². The monoisotopic (exact) mass is 446 g/mol. The zero-order chi connectivity index (χ0) is 23.8. The van der Waals surface area contributed by atoms with Crippen LogP contribution >= 0.6 is 11.6 Å². The second-order valence-corrected chi connectivity index (χ2v) is 9.87. The fourth-order valence-corrected chi connectivity index (χ4v) is 5.88. The smallest absolute Gasteiger partial charge is 0.124 e. The molecule has 4 aliphatic rings. The fourth-order valence-electron chi connectivity index (χ4n) is 5.64. The second-order valence-electron chi connectivity index (χ2n) is 9.37. The van der Waals surface area contributed by atoms with E-state index in [4.69, 9.17) is 20.5 Å². The molecule has 4 rings (SSSR count). The lowest BCUT2D eigenvalue weighted by Gasteiger charge is -2.46. The molecule has 0 aromatic heterocycles. The highest BCUT2D eigenvalue weighted by molar-refractivity contribution is 6.21. The average molecular weight is 447 g/mol. The highest BCUT2D eigenvalue weighted by Gasteiger charge is 2.50. The first-order valence-electron chi connectivity index (χ1n) is 12.9. The van der Waals surface area contributed by atoms with Gasteiger partial charge in [-0.2, -0.15) is 0 Å². The van der Waals surface area contributed by atoms with Crippen LogP contribution in [0.15, 0.2) is 11.6 Å². The molecule has 0 aromatic rings. The van der Waals surface area contributed by atoms with Crippen molar-refractivity contribution in [1.29, 1.82) is 0 Å². The number of ether oxygens (including phenoxy) is 1. The van der Waals surface area contributed by atoms with Crippen LogP contribution in [0.5, 0.6) is 0 Å². The quantitative estimate of drug-likeness (QED) is 0.381. The predicted octanol–water partition coefficient (Wildman–Crippen LogP) is 1.77.